The van der Waals surface area contributed by atoms with E-state index in [4.69, 9.17) is 28.9 Å². The molecule has 4 amide bonds. The molecule has 3 saturated heterocycles. The van der Waals surface area contributed by atoms with Crippen LogP contribution in [0.2, 0.25) is 0 Å². The van der Waals surface area contributed by atoms with Crippen molar-refractivity contribution in [2.75, 3.05) is 40.5 Å². The number of carbonyl (C=O) groups is 4. The summed E-state index contributed by atoms with van der Waals surface area (Å²) in [6, 6.07) is 7.17. The van der Waals surface area contributed by atoms with E-state index >= 15 is 4.39 Å². The third kappa shape index (κ3) is 8.59. The van der Waals surface area contributed by atoms with Crippen LogP contribution in [0.4, 0.5) is 14.0 Å². The van der Waals surface area contributed by atoms with Crippen molar-refractivity contribution in [2.24, 2.45) is 16.8 Å². The molecule has 0 radical (unpaired) electrons. The highest BCUT2D eigenvalue weighted by atomic mass is 19.1. The first-order chi connectivity index (χ1) is 29.6. The highest BCUT2D eigenvalue weighted by molar-refractivity contribution is 6.04. The molecule has 5 aliphatic rings. The maximum Gasteiger partial charge on any atom is 0.407 e. The minimum absolute atomic E-state index is 0.0578. The number of aromatic nitrogens is 2. The molecule has 15 nitrogen and oxygen atoms in total. The normalized spacial score (nSPS) is 21.3. The third-order valence-corrected chi connectivity index (χ3v) is 13.0. The van der Waals surface area contributed by atoms with E-state index in [1.54, 1.807) is 23.4 Å². The molecule has 0 bridgehead atoms. The first-order valence-electron chi connectivity index (χ1n) is 21.4. The van der Waals surface area contributed by atoms with Gasteiger partial charge in [0.1, 0.15) is 35.2 Å². The summed E-state index contributed by atoms with van der Waals surface area (Å²) < 4.78 is 37.6. The molecule has 0 aliphatic carbocycles. The molecule has 1 aromatic heterocycles. The monoisotopic (exact) mass is 839 g/mol. The average Bonchev–Trinajstić information content (AvgIpc) is 4.13. The number of carbonyl (C=O) groups excluding carboxylic acids is 4. The van der Waals surface area contributed by atoms with E-state index in [1.807, 2.05) is 36.9 Å². The molecule has 61 heavy (non-hydrogen) atoms. The Balaban J connectivity index is 0.935. The number of imidazole rings is 1. The number of nitrogens with one attached hydrogen (secondary N) is 3. The molecule has 5 atom stereocenters. The number of halogens is 1. The summed E-state index contributed by atoms with van der Waals surface area (Å²) in [5.41, 5.74) is 5.18. The van der Waals surface area contributed by atoms with Crippen molar-refractivity contribution >= 4 is 35.3 Å². The molecule has 3 fully saturated rings. The van der Waals surface area contributed by atoms with E-state index in [9.17, 15) is 19.2 Å². The van der Waals surface area contributed by atoms with Crippen LogP contribution in [0.1, 0.15) is 93.8 Å². The van der Waals surface area contributed by atoms with Crippen molar-refractivity contribution < 1.29 is 42.5 Å². The molecule has 3 N–H and O–H groups in total. The van der Waals surface area contributed by atoms with Crippen molar-refractivity contribution in [3.63, 3.8) is 0 Å². The van der Waals surface area contributed by atoms with Crippen LogP contribution in [0.25, 0.3) is 16.8 Å². The van der Waals surface area contributed by atoms with Gasteiger partial charge in [0, 0.05) is 67.7 Å². The molecule has 2 aromatic carbocycles. The second-order valence-electron chi connectivity index (χ2n) is 16.6. The summed E-state index contributed by atoms with van der Waals surface area (Å²) in [4.78, 5) is 68.7. The number of hydrogen-bond acceptors (Lipinski definition) is 10. The number of allylic oxidation sites excluding steroid dienone is 1. The Kier molecular flexibility index (Phi) is 12.4. The number of fused-ring (bicyclic) bond motifs is 2. The quantitative estimate of drug-likeness (QED) is 0.149. The van der Waals surface area contributed by atoms with Crippen molar-refractivity contribution in [2.45, 2.75) is 95.8 Å². The lowest BCUT2D eigenvalue weighted by atomic mass is 9.90. The Hall–Kier alpha value is -5.77. The van der Waals surface area contributed by atoms with Crippen LogP contribution in [0, 0.1) is 17.7 Å². The zero-order chi connectivity index (χ0) is 42.8. The topological polar surface area (TPSA) is 177 Å². The fourth-order valence-electron chi connectivity index (χ4n) is 9.38. The number of H-pyrrole nitrogens is 1. The smallest absolute Gasteiger partial charge is 0.407 e. The molecule has 16 heteroatoms. The summed E-state index contributed by atoms with van der Waals surface area (Å²) >= 11 is 0. The number of benzene rings is 2. The van der Waals surface area contributed by atoms with Crippen LogP contribution in [-0.2, 0) is 30.2 Å². The van der Waals surface area contributed by atoms with Gasteiger partial charge in [-0.2, -0.15) is 0 Å². The van der Waals surface area contributed by atoms with Gasteiger partial charge in [0.05, 0.1) is 38.2 Å². The van der Waals surface area contributed by atoms with E-state index in [0.29, 0.717) is 86.9 Å². The standard InChI is InChI=1S/C45H54FN7O8/c1-5-25(2)39(50-44(56)58-3)42(54)52-14-6-8-35(52)33-21-30(23-47-33)31-22-38-29(20-32(31)46)19-28-18-27(10-11-37(28)61-38)34-24-48-41(49-34)36-9-7-15-53(36)43(55)40(51-45(57)59-4)26-12-16-60-17-13-26/h10-11,18,20,22-26,35-36,39-40H,5-9,12-17,19,21H2,1-4H3,(H,48,49)(H,50,56)(H,51,57)/t25-,35-,36-,39-,40-/m0/s1. The third-order valence-electron chi connectivity index (χ3n) is 13.0. The van der Waals surface area contributed by atoms with Gasteiger partial charge < -0.3 is 44.4 Å². The summed E-state index contributed by atoms with van der Waals surface area (Å²) in [6.45, 7) is 6.08. The fourth-order valence-corrected chi connectivity index (χ4v) is 9.38. The highest BCUT2D eigenvalue weighted by Crippen LogP contribution is 2.42. The van der Waals surface area contributed by atoms with Gasteiger partial charge in [-0.15, -0.1) is 0 Å². The molecular formula is C45H54FN7O8. The second-order valence-corrected chi connectivity index (χ2v) is 16.6. The van der Waals surface area contributed by atoms with Crippen molar-refractivity contribution in [3.05, 3.63) is 71.1 Å². The van der Waals surface area contributed by atoms with E-state index in [-0.39, 0.29) is 41.6 Å². The number of amides is 4. The van der Waals surface area contributed by atoms with Crippen LogP contribution in [0.3, 0.4) is 0 Å². The molecule has 5 aliphatic heterocycles. The Morgan fingerprint density at radius 3 is 2.34 bits per heavy atom. The number of hydrogen-bond donors (Lipinski definition) is 3. The number of nitrogens with zero attached hydrogens (tertiary/aromatic N) is 4. The van der Waals surface area contributed by atoms with Gasteiger partial charge in [-0.3, -0.25) is 14.6 Å². The fraction of sp³-hybridized carbons (Fsp3) is 0.511. The van der Waals surface area contributed by atoms with Crippen molar-refractivity contribution in [1.29, 1.82) is 0 Å². The average molecular weight is 840 g/mol. The van der Waals surface area contributed by atoms with Crippen molar-refractivity contribution in [1.82, 2.24) is 30.4 Å². The summed E-state index contributed by atoms with van der Waals surface area (Å²) in [6.07, 6.45) is 8.13. The minimum Gasteiger partial charge on any atom is -0.457 e. The van der Waals surface area contributed by atoms with E-state index in [1.165, 1.54) is 20.3 Å². The summed E-state index contributed by atoms with van der Waals surface area (Å²) in [7, 11) is 2.57. The number of likely N-dealkylation sites (tertiary alicyclic amines) is 2. The predicted octanol–water partition coefficient (Wildman–Crippen LogP) is 6.67. The first-order valence-corrected chi connectivity index (χ1v) is 21.4. The molecular weight excluding hydrogens is 786 g/mol. The molecule has 0 unspecified atom stereocenters. The maximum atomic E-state index is 16.0. The van der Waals surface area contributed by atoms with Crippen LogP contribution >= 0.6 is 0 Å². The summed E-state index contributed by atoms with van der Waals surface area (Å²) in [5.74, 6) is 1.07. The van der Waals surface area contributed by atoms with Crippen LogP contribution in [-0.4, -0.2) is 108 Å². The lowest BCUT2D eigenvalue weighted by Gasteiger charge is -2.34. The van der Waals surface area contributed by atoms with E-state index in [0.717, 1.165) is 53.8 Å². The van der Waals surface area contributed by atoms with E-state index in [2.05, 4.69) is 15.6 Å². The van der Waals surface area contributed by atoms with Gasteiger partial charge in [-0.1, -0.05) is 20.3 Å². The summed E-state index contributed by atoms with van der Waals surface area (Å²) in [5, 5.41) is 5.52. The van der Waals surface area contributed by atoms with Gasteiger partial charge in [-0.25, -0.2) is 19.0 Å². The molecule has 324 valence electrons. The first kappa shape index (κ1) is 41.9. The number of ether oxygens (including phenoxy) is 4. The number of rotatable bonds is 11. The molecule has 0 spiro atoms. The lowest BCUT2D eigenvalue weighted by molar-refractivity contribution is -0.137. The van der Waals surface area contributed by atoms with Crippen LogP contribution in [0.5, 0.6) is 11.5 Å². The number of aliphatic imine (C=N–C) groups is 1. The van der Waals surface area contributed by atoms with E-state index < -0.39 is 24.3 Å². The SMILES string of the molecule is CC[C@H](C)[C@H](NC(=O)OC)C(=O)N1CCC[C@H]1C1=NC=C(c2cc3c(cc2F)Cc2cc(-c4cnc([C@@H]5CCCN5C(=O)[C@@H](NC(=O)OC)C5CCOCC5)[nH]4)ccc2O3)C1. The number of alkyl carbamates (subject to hydrolysis) is 2. The van der Waals surface area contributed by atoms with Crippen LogP contribution in [0.15, 0.2) is 47.7 Å². The number of methoxy groups -OCH3 is 2. The molecule has 8 rings (SSSR count). The minimum atomic E-state index is -0.724. The van der Waals surface area contributed by atoms with Gasteiger partial charge in [0.15, 0.2) is 0 Å². The van der Waals surface area contributed by atoms with Crippen LogP contribution < -0.4 is 15.4 Å². The van der Waals surface area contributed by atoms with Gasteiger partial charge in [0.2, 0.25) is 11.8 Å². The Bertz CT molecular complexity index is 2230. The Morgan fingerprint density at radius 1 is 0.902 bits per heavy atom. The predicted molar refractivity (Wildman–Crippen MR) is 223 cm³/mol. The second kappa shape index (κ2) is 18.1. The van der Waals surface area contributed by atoms with Crippen molar-refractivity contribution in [3.8, 4) is 22.8 Å². The van der Waals surface area contributed by atoms with Gasteiger partial charge >= 0.3 is 12.2 Å². The van der Waals surface area contributed by atoms with Gasteiger partial charge in [0.25, 0.3) is 0 Å². The molecule has 3 aromatic rings. The zero-order valence-electron chi connectivity index (χ0n) is 35.1. The molecule has 0 saturated carbocycles. The maximum absolute atomic E-state index is 16.0. The largest absolute Gasteiger partial charge is 0.457 e. The van der Waals surface area contributed by atoms with Gasteiger partial charge in [-0.05, 0) is 91.8 Å². The number of aromatic amines is 1. The highest BCUT2D eigenvalue weighted by Gasteiger charge is 2.41. The lowest BCUT2D eigenvalue weighted by Crippen LogP contribution is -2.54. The molecule has 6 heterocycles. The Morgan fingerprint density at radius 2 is 1.61 bits per heavy atom. The zero-order valence-corrected chi connectivity index (χ0v) is 35.1. The Labute approximate surface area is 354 Å².